The molecule has 1 saturated carbocycles. The molecule has 130 valence electrons. The average Bonchev–Trinajstić information content (AvgIpc) is 2.68. The molecule has 24 heavy (non-hydrogen) atoms. The zero-order valence-electron chi connectivity index (χ0n) is 14.5. The molecule has 1 saturated heterocycles. The van der Waals surface area contributed by atoms with Crippen molar-refractivity contribution >= 4 is 5.91 Å². The first-order chi connectivity index (χ1) is 11.8. The van der Waals surface area contributed by atoms with Crippen molar-refractivity contribution in [2.45, 2.75) is 44.6 Å². The van der Waals surface area contributed by atoms with Crippen LogP contribution >= 0.6 is 0 Å². The van der Waals surface area contributed by atoms with E-state index >= 15 is 0 Å². The number of rotatable bonds is 2. The summed E-state index contributed by atoms with van der Waals surface area (Å²) in [5.41, 5.74) is 1.32. The number of carbonyl (C=O) groups is 1. The van der Waals surface area contributed by atoms with Crippen molar-refractivity contribution in [1.82, 2.24) is 9.80 Å². The Morgan fingerprint density at radius 3 is 2.50 bits per heavy atom. The van der Waals surface area contributed by atoms with Gasteiger partial charge in [-0.1, -0.05) is 37.5 Å². The van der Waals surface area contributed by atoms with Crippen molar-refractivity contribution in [2.24, 2.45) is 5.92 Å². The minimum Gasteiger partial charge on any atom is -0.493 e. The Morgan fingerprint density at radius 2 is 1.71 bits per heavy atom. The molecule has 1 unspecified atom stereocenters. The molecule has 0 spiro atoms. The lowest BCUT2D eigenvalue weighted by atomic mass is 9.88. The molecule has 2 fully saturated rings. The standard InChI is InChI=1S/C20H28N2O2/c23-20(16-6-2-1-3-7-16)22-13-11-21(12-14-22)18-10-15-24-19-9-5-4-8-17(18)19/h4-5,8-9,16,18H,1-3,6-7,10-15H2. The lowest BCUT2D eigenvalue weighted by molar-refractivity contribution is -0.138. The molecule has 0 aromatic heterocycles. The SMILES string of the molecule is O=C(C1CCCCC1)N1CCN(C2CCOc3ccccc32)CC1. The van der Waals surface area contributed by atoms with Gasteiger partial charge in [-0.15, -0.1) is 0 Å². The van der Waals surface area contributed by atoms with Gasteiger partial charge in [0.1, 0.15) is 5.75 Å². The quantitative estimate of drug-likeness (QED) is 0.835. The highest BCUT2D eigenvalue weighted by molar-refractivity contribution is 5.79. The van der Waals surface area contributed by atoms with E-state index in [0.29, 0.717) is 17.9 Å². The zero-order chi connectivity index (χ0) is 16.4. The zero-order valence-corrected chi connectivity index (χ0v) is 14.5. The Balaban J connectivity index is 1.37. The highest BCUT2D eigenvalue weighted by Gasteiger charge is 2.32. The van der Waals surface area contributed by atoms with Crippen molar-refractivity contribution in [2.75, 3.05) is 32.8 Å². The maximum atomic E-state index is 12.7. The lowest BCUT2D eigenvalue weighted by Gasteiger charge is -2.42. The van der Waals surface area contributed by atoms with E-state index in [-0.39, 0.29) is 0 Å². The third-order valence-corrected chi connectivity index (χ3v) is 5.95. The molecule has 0 N–H and O–H groups in total. The predicted molar refractivity (Wildman–Crippen MR) is 94.0 cm³/mol. The van der Waals surface area contributed by atoms with Gasteiger partial charge >= 0.3 is 0 Å². The van der Waals surface area contributed by atoms with Crippen LogP contribution in [0.3, 0.4) is 0 Å². The van der Waals surface area contributed by atoms with Crippen LogP contribution in [0, 0.1) is 5.92 Å². The molecule has 1 aromatic carbocycles. The summed E-state index contributed by atoms with van der Waals surface area (Å²) in [5, 5.41) is 0. The van der Waals surface area contributed by atoms with Crippen LogP contribution in [0.2, 0.25) is 0 Å². The van der Waals surface area contributed by atoms with Crippen LogP contribution < -0.4 is 4.74 Å². The molecule has 4 nitrogen and oxygen atoms in total. The Labute approximate surface area is 144 Å². The van der Waals surface area contributed by atoms with Gasteiger partial charge in [-0.2, -0.15) is 0 Å². The van der Waals surface area contributed by atoms with Gasteiger partial charge in [0, 0.05) is 50.1 Å². The molecule has 3 aliphatic rings. The Morgan fingerprint density at radius 1 is 0.958 bits per heavy atom. The first kappa shape index (κ1) is 15.9. The van der Waals surface area contributed by atoms with Gasteiger partial charge in [0.15, 0.2) is 0 Å². The minimum atomic E-state index is 0.300. The molecule has 1 aromatic rings. The summed E-state index contributed by atoms with van der Waals surface area (Å²) in [7, 11) is 0. The predicted octanol–water partition coefficient (Wildman–Crippen LogP) is 3.23. The van der Waals surface area contributed by atoms with E-state index in [1.54, 1.807) is 0 Å². The number of hydrogen-bond acceptors (Lipinski definition) is 3. The molecule has 0 bridgehead atoms. The Bertz CT molecular complexity index is 575. The highest BCUT2D eigenvalue weighted by Crippen LogP contribution is 2.36. The number of para-hydroxylation sites is 1. The maximum absolute atomic E-state index is 12.7. The number of hydrogen-bond donors (Lipinski definition) is 0. The monoisotopic (exact) mass is 328 g/mol. The highest BCUT2D eigenvalue weighted by atomic mass is 16.5. The summed E-state index contributed by atoms with van der Waals surface area (Å²) in [6.45, 7) is 4.53. The summed E-state index contributed by atoms with van der Waals surface area (Å²) in [6.07, 6.45) is 7.03. The van der Waals surface area contributed by atoms with Crippen LogP contribution in [-0.4, -0.2) is 48.5 Å². The van der Waals surface area contributed by atoms with Crippen molar-refractivity contribution in [3.05, 3.63) is 29.8 Å². The average molecular weight is 328 g/mol. The second-order valence-corrected chi connectivity index (χ2v) is 7.39. The van der Waals surface area contributed by atoms with Gasteiger partial charge in [-0.25, -0.2) is 0 Å². The molecule has 1 aliphatic carbocycles. The van der Waals surface area contributed by atoms with Crippen LogP contribution in [0.4, 0.5) is 0 Å². The normalized spacial score (nSPS) is 25.8. The number of benzene rings is 1. The number of nitrogens with zero attached hydrogens (tertiary/aromatic N) is 2. The van der Waals surface area contributed by atoms with Gasteiger partial charge < -0.3 is 9.64 Å². The number of amides is 1. The second-order valence-electron chi connectivity index (χ2n) is 7.39. The van der Waals surface area contributed by atoms with E-state index in [9.17, 15) is 4.79 Å². The fraction of sp³-hybridized carbons (Fsp3) is 0.650. The number of fused-ring (bicyclic) bond motifs is 1. The van der Waals surface area contributed by atoms with E-state index in [1.807, 2.05) is 6.07 Å². The fourth-order valence-corrected chi connectivity index (χ4v) is 4.56. The smallest absolute Gasteiger partial charge is 0.225 e. The molecule has 2 heterocycles. The van der Waals surface area contributed by atoms with Crippen LogP contribution in [-0.2, 0) is 4.79 Å². The summed E-state index contributed by atoms with van der Waals surface area (Å²) >= 11 is 0. The maximum Gasteiger partial charge on any atom is 0.225 e. The minimum absolute atomic E-state index is 0.300. The van der Waals surface area contributed by atoms with Gasteiger partial charge in [0.25, 0.3) is 0 Å². The number of piperazine rings is 1. The van der Waals surface area contributed by atoms with E-state index in [0.717, 1.165) is 57.8 Å². The molecule has 0 radical (unpaired) electrons. The van der Waals surface area contributed by atoms with Crippen molar-refractivity contribution < 1.29 is 9.53 Å². The van der Waals surface area contributed by atoms with Gasteiger partial charge in [-0.3, -0.25) is 9.69 Å². The molecular weight excluding hydrogens is 300 g/mol. The third kappa shape index (κ3) is 3.16. The summed E-state index contributed by atoms with van der Waals surface area (Å²) in [5.74, 6) is 1.75. The van der Waals surface area contributed by atoms with Gasteiger partial charge in [-0.05, 0) is 18.9 Å². The molecule has 2 aliphatic heterocycles. The summed E-state index contributed by atoms with van der Waals surface area (Å²) in [4.78, 5) is 17.4. The molecule has 1 atom stereocenters. The van der Waals surface area contributed by atoms with Crippen LogP contribution in [0.5, 0.6) is 5.75 Å². The van der Waals surface area contributed by atoms with Crippen molar-refractivity contribution in [1.29, 1.82) is 0 Å². The summed E-state index contributed by atoms with van der Waals surface area (Å²) < 4.78 is 5.79. The van der Waals surface area contributed by atoms with Crippen molar-refractivity contribution in [3.8, 4) is 5.75 Å². The second kappa shape index (κ2) is 7.14. The Kier molecular flexibility index (Phi) is 4.74. The molecule has 1 amide bonds. The number of ether oxygens (including phenoxy) is 1. The first-order valence-electron chi connectivity index (χ1n) is 9.57. The van der Waals surface area contributed by atoms with Crippen LogP contribution in [0.25, 0.3) is 0 Å². The van der Waals surface area contributed by atoms with Crippen molar-refractivity contribution in [3.63, 3.8) is 0 Å². The summed E-state index contributed by atoms with van der Waals surface area (Å²) in [6, 6.07) is 8.86. The van der Waals surface area contributed by atoms with Gasteiger partial charge in [0.2, 0.25) is 5.91 Å². The molecule has 4 heteroatoms. The van der Waals surface area contributed by atoms with Crippen LogP contribution in [0.1, 0.15) is 50.1 Å². The first-order valence-corrected chi connectivity index (χ1v) is 9.57. The van der Waals surface area contributed by atoms with E-state index in [2.05, 4.69) is 28.0 Å². The molecular formula is C20H28N2O2. The van der Waals surface area contributed by atoms with E-state index < -0.39 is 0 Å². The van der Waals surface area contributed by atoms with Crippen LogP contribution in [0.15, 0.2) is 24.3 Å². The van der Waals surface area contributed by atoms with E-state index in [4.69, 9.17) is 4.74 Å². The third-order valence-electron chi connectivity index (χ3n) is 5.95. The molecule has 4 rings (SSSR count). The largest absolute Gasteiger partial charge is 0.493 e. The van der Waals surface area contributed by atoms with E-state index in [1.165, 1.54) is 24.8 Å². The topological polar surface area (TPSA) is 32.8 Å². The van der Waals surface area contributed by atoms with Gasteiger partial charge in [0.05, 0.1) is 6.61 Å². The Hall–Kier alpha value is -1.55. The number of carbonyl (C=O) groups excluding carboxylic acids is 1. The fourth-order valence-electron chi connectivity index (χ4n) is 4.56. The lowest BCUT2D eigenvalue weighted by Crippen LogP contribution is -2.51.